The van der Waals surface area contributed by atoms with E-state index in [0.717, 1.165) is 12.1 Å². The number of carbonyl (C=O) groups excluding carboxylic acids is 1. The lowest BCUT2D eigenvalue weighted by molar-refractivity contribution is -0.0500. The maximum atomic E-state index is 12.3. The molecule has 1 rings (SSSR count). The summed E-state index contributed by atoms with van der Waals surface area (Å²) in [7, 11) is -6.07. The van der Waals surface area contributed by atoms with Crippen molar-refractivity contribution in [3.63, 3.8) is 0 Å². The zero-order chi connectivity index (χ0) is 18.0. The molecule has 0 spiro atoms. The summed E-state index contributed by atoms with van der Waals surface area (Å²) in [4.78, 5) is 23.1. The Balaban J connectivity index is 3.41. The van der Waals surface area contributed by atoms with Crippen molar-refractivity contribution in [3.05, 3.63) is 29.3 Å². The molecule has 2 N–H and O–H groups in total. The summed E-state index contributed by atoms with van der Waals surface area (Å²) in [6.45, 7) is 3.15. The van der Waals surface area contributed by atoms with Crippen molar-refractivity contribution in [2.75, 3.05) is 0 Å². The first kappa shape index (κ1) is 18.7. The molecule has 0 heterocycles. The fourth-order valence-corrected chi connectivity index (χ4v) is 1.99. The highest BCUT2D eigenvalue weighted by molar-refractivity contribution is 7.88. The smallest absolute Gasteiger partial charge is 0.478 e. The van der Waals surface area contributed by atoms with Crippen LogP contribution in [0.2, 0.25) is 0 Å². The molecular formula is C12H12F3NO6S. The number of carbonyl (C=O) groups is 2. The van der Waals surface area contributed by atoms with Gasteiger partial charge in [-0.25, -0.2) is 4.79 Å². The van der Waals surface area contributed by atoms with Gasteiger partial charge in [0.15, 0.2) is 5.75 Å². The third-order valence-corrected chi connectivity index (χ3v) is 3.35. The molecule has 0 saturated carbocycles. The van der Waals surface area contributed by atoms with Gasteiger partial charge in [-0.3, -0.25) is 4.79 Å². The Morgan fingerprint density at radius 3 is 2.26 bits per heavy atom. The van der Waals surface area contributed by atoms with Crippen LogP contribution in [0.4, 0.5) is 13.2 Å². The zero-order valence-electron chi connectivity index (χ0n) is 11.8. The lowest BCUT2D eigenvalue weighted by Crippen LogP contribution is -2.32. The molecule has 1 amide bonds. The molecule has 128 valence electrons. The van der Waals surface area contributed by atoms with Crippen LogP contribution in [0.5, 0.6) is 5.75 Å². The standard InChI is InChI=1S/C12H12F3NO6S/c1-6(2)16-10(17)7-4-3-5-8(9(7)11(18)19)22-23(20,21)12(13,14)15/h3-6H,1-2H3,(H,16,17)(H,18,19). The Hall–Kier alpha value is -2.30. The van der Waals surface area contributed by atoms with Gasteiger partial charge < -0.3 is 14.6 Å². The number of carboxylic acid groups (broad SMARTS) is 1. The van der Waals surface area contributed by atoms with Crippen molar-refractivity contribution in [1.82, 2.24) is 5.32 Å². The molecule has 0 aliphatic rings. The van der Waals surface area contributed by atoms with Gasteiger partial charge in [0.1, 0.15) is 5.56 Å². The largest absolute Gasteiger partial charge is 0.534 e. The minimum Gasteiger partial charge on any atom is -0.478 e. The van der Waals surface area contributed by atoms with Crippen LogP contribution in [0.15, 0.2) is 18.2 Å². The van der Waals surface area contributed by atoms with Crippen LogP contribution >= 0.6 is 0 Å². The Morgan fingerprint density at radius 2 is 1.83 bits per heavy atom. The minimum atomic E-state index is -6.07. The van der Waals surface area contributed by atoms with Gasteiger partial charge in [-0.05, 0) is 26.0 Å². The number of amides is 1. The summed E-state index contributed by atoms with van der Waals surface area (Å²) < 4.78 is 62.9. The highest BCUT2D eigenvalue weighted by Crippen LogP contribution is 2.30. The van der Waals surface area contributed by atoms with Gasteiger partial charge in [-0.2, -0.15) is 21.6 Å². The Labute approximate surface area is 129 Å². The molecule has 0 aliphatic carbocycles. The van der Waals surface area contributed by atoms with Crippen molar-refractivity contribution in [3.8, 4) is 5.75 Å². The number of benzene rings is 1. The van der Waals surface area contributed by atoms with Crippen LogP contribution in [0.25, 0.3) is 0 Å². The Kier molecular flexibility index (Phi) is 5.25. The van der Waals surface area contributed by atoms with E-state index in [1.165, 1.54) is 0 Å². The molecule has 0 aliphatic heterocycles. The Bertz CT molecular complexity index is 727. The van der Waals surface area contributed by atoms with E-state index in [1.807, 2.05) is 0 Å². The summed E-state index contributed by atoms with van der Waals surface area (Å²) in [6.07, 6.45) is 0. The molecule has 1 aromatic rings. The molecule has 1 aromatic carbocycles. The first-order chi connectivity index (χ1) is 10.4. The number of carboxylic acids is 1. The summed E-state index contributed by atoms with van der Waals surface area (Å²) in [6, 6.07) is 2.35. The highest BCUT2D eigenvalue weighted by Gasteiger charge is 2.49. The van der Waals surface area contributed by atoms with Gasteiger partial charge in [0.05, 0.1) is 5.56 Å². The van der Waals surface area contributed by atoms with Crippen LogP contribution in [0, 0.1) is 0 Å². The fourth-order valence-electron chi connectivity index (χ4n) is 1.52. The molecule has 11 heteroatoms. The van der Waals surface area contributed by atoms with E-state index in [0.29, 0.717) is 6.07 Å². The normalized spacial score (nSPS) is 12.1. The lowest BCUT2D eigenvalue weighted by atomic mass is 10.1. The van der Waals surface area contributed by atoms with Crippen LogP contribution < -0.4 is 9.50 Å². The fraction of sp³-hybridized carbons (Fsp3) is 0.333. The first-order valence-corrected chi connectivity index (χ1v) is 7.45. The maximum absolute atomic E-state index is 12.3. The van der Waals surface area contributed by atoms with Crippen molar-refractivity contribution in [1.29, 1.82) is 0 Å². The maximum Gasteiger partial charge on any atom is 0.534 e. The van der Waals surface area contributed by atoms with E-state index in [1.54, 1.807) is 13.8 Å². The van der Waals surface area contributed by atoms with Gasteiger partial charge in [0.2, 0.25) is 0 Å². The van der Waals surface area contributed by atoms with E-state index in [-0.39, 0.29) is 6.04 Å². The summed E-state index contributed by atoms with van der Waals surface area (Å²) in [5, 5.41) is 11.4. The van der Waals surface area contributed by atoms with E-state index in [9.17, 15) is 31.2 Å². The van der Waals surface area contributed by atoms with Crippen molar-refractivity contribution < 1.29 is 40.5 Å². The second kappa shape index (κ2) is 6.44. The monoisotopic (exact) mass is 355 g/mol. The molecule has 0 aromatic heterocycles. The van der Waals surface area contributed by atoms with Crippen molar-refractivity contribution in [2.24, 2.45) is 0 Å². The second-order valence-corrected chi connectivity index (χ2v) is 6.13. The average molecular weight is 355 g/mol. The average Bonchev–Trinajstić information content (AvgIpc) is 2.35. The molecule has 23 heavy (non-hydrogen) atoms. The predicted molar refractivity (Wildman–Crippen MR) is 71.6 cm³/mol. The number of hydrogen-bond donors (Lipinski definition) is 2. The molecule has 7 nitrogen and oxygen atoms in total. The lowest BCUT2D eigenvalue weighted by Gasteiger charge is -2.14. The summed E-state index contributed by atoms with van der Waals surface area (Å²) in [5.41, 5.74) is -7.25. The number of hydrogen-bond acceptors (Lipinski definition) is 5. The van der Waals surface area contributed by atoms with Crippen LogP contribution in [-0.2, 0) is 10.1 Å². The zero-order valence-corrected chi connectivity index (χ0v) is 12.7. The number of rotatable bonds is 5. The molecular weight excluding hydrogens is 343 g/mol. The topological polar surface area (TPSA) is 110 Å². The second-order valence-electron chi connectivity index (χ2n) is 4.60. The third kappa shape index (κ3) is 4.34. The van der Waals surface area contributed by atoms with Gasteiger partial charge in [0.25, 0.3) is 5.91 Å². The number of halogens is 3. The van der Waals surface area contributed by atoms with Gasteiger partial charge >= 0.3 is 21.6 Å². The number of aromatic carboxylic acids is 1. The molecule has 0 saturated heterocycles. The number of nitrogens with one attached hydrogen (secondary N) is 1. The predicted octanol–water partition coefficient (Wildman–Crippen LogP) is 1.75. The summed E-state index contributed by atoms with van der Waals surface area (Å²) in [5.74, 6) is -3.81. The molecule has 0 bridgehead atoms. The Morgan fingerprint density at radius 1 is 1.26 bits per heavy atom. The van der Waals surface area contributed by atoms with E-state index >= 15 is 0 Å². The molecule has 0 unspecified atom stereocenters. The molecule has 0 radical (unpaired) electrons. The van der Waals surface area contributed by atoms with Gasteiger partial charge in [-0.15, -0.1) is 0 Å². The van der Waals surface area contributed by atoms with Crippen LogP contribution in [0.3, 0.4) is 0 Å². The van der Waals surface area contributed by atoms with Gasteiger partial charge in [-0.1, -0.05) is 6.07 Å². The van der Waals surface area contributed by atoms with Crippen molar-refractivity contribution in [2.45, 2.75) is 25.4 Å². The number of alkyl halides is 3. The minimum absolute atomic E-state index is 0.382. The first-order valence-electron chi connectivity index (χ1n) is 6.04. The highest BCUT2D eigenvalue weighted by atomic mass is 32.2. The van der Waals surface area contributed by atoms with E-state index in [4.69, 9.17) is 5.11 Å². The van der Waals surface area contributed by atoms with E-state index in [2.05, 4.69) is 9.50 Å². The summed E-state index contributed by atoms with van der Waals surface area (Å²) >= 11 is 0. The van der Waals surface area contributed by atoms with Gasteiger partial charge in [0, 0.05) is 6.04 Å². The van der Waals surface area contributed by atoms with Crippen LogP contribution in [0.1, 0.15) is 34.6 Å². The van der Waals surface area contributed by atoms with Crippen LogP contribution in [-0.4, -0.2) is 37.0 Å². The SMILES string of the molecule is CC(C)NC(=O)c1cccc(OS(=O)(=O)C(F)(F)F)c1C(=O)O. The quantitative estimate of drug-likeness (QED) is 0.615. The molecule has 0 fully saturated rings. The molecule has 0 atom stereocenters. The third-order valence-electron chi connectivity index (χ3n) is 2.39. The van der Waals surface area contributed by atoms with E-state index < -0.39 is 44.4 Å². The van der Waals surface area contributed by atoms with Crippen molar-refractivity contribution >= 4 is 22.0 Å².